The van der Waals surface area contributed by atoms with Crippen LogP contribution in [0.4, 0.5) is 0 Å². The van der Waals surface area contributed by atoms with Gasteiger partial charge in [0, 0.05) is 24.6 Å². The van der Waals surface area contributed by atoms with Crippen molar-refractivity contribution >= 4 is 0 Å². The summed E-state index contributed by atoms with van der Waals surface area (Å²) >= 11 is 0. The first-order valence-corrected chi connectivity index (χ1v) is 4.46. The fraction of sp³-hybridized carbons (Fsp3) is 0.200. The van der Waals surface area contributed by atoms with Crippen LogP contribution in [-0.4, -0.2) is 14.5 Å². The van der Waals surface area contributed by atoms with Crippen LogP contribution in [0.3, 0.4) is 0 Å². The highest BCUT2D eigenvalue weighted by Crippen LogP contribution is 2.09. The van der Waals surface area contributed by atoms with Crippen LogP contribution in [-0.2, 0) is 6.54 Å². The predicted molar refractivity (Wildman–Crippen MR) is 54.0 cm³/mol. The second-order valence-electron chi connectivity index (χ2n) is 3.09. The molecule has 0 fully saturated rings. The van der Waals surface area contributed by atoms with Gasteiger partial charge in [-0.05, 0) is 18.6 Å². The molecule has 0 saturated heterocycles. The molecule has 2 N–H and O–H groups in total. The van der Waals surface area contributed by atoms with Crippen LogP contribution in [0.5, 0.6) is 0 Å². The van der Waals surface area contributed by atoms with E-state index in [1.165, 1.54) is 0 Å². The van der Waals surface area contributed by atoms with Gasteiger partial charge in [0.15, 0.2) is 0 Å². The van der Waals surface area contributed by atoms with Crippen LogP contribution in [0.15, 0.2) is 30.9 Å². The highest BCUT2D eigenvalue weighted by Gasteiger charge is 2.00. The summed E-state index contributed by atoms with van der Waals surface area (Å²) in [7, 11) is 0. The first-order valence-electron chi connectivity index (χ1n) is 4.46. The molecular weight excluding hydrogens is 176 g/mol. The van der Waals surface area contributed by atoms with Gasteiger partial charge >= 0.3 is 0 Å². The molecule has 0 bridgehead atoms. The van der Waals surface area contributed by atoms with Gasteiger partial charge < -0.3 is 5.73 Å². The van der Waals surface area contributed by atoms with Crippen molar-refractivity contribution in [3.8, 4) is 5.82 Å². The number of aryl methyl sites for hydroxylation is 1. The zero-order valence-corrected chi connectivity index (χ0v) is 8.01. The number of pyridine rings is 1. The Kier molecular flexibility index (Phi) is 2.28. The van der Waals surface area contributed by atoms with Crippen LogP contribution < -0.4 is 5.73 Å². The van der Waals surface area contributed by atoms with Crippen molar-refractivity contribution in [3.63, 3.8) is 0 Å². The van der Waals surface area contributed by atoms with E-state index in [0.29, 0.717) is 6.54 Å². The van der Waals surface area contributed by atoms with Crippen molar-refractivity contribution in [3.05, 3.63) is 42.1 Å². The standard InChI is InChI=1S/C10H12N4/c1-8-9(6-11)2-3-10(13-8)14-5-4-12-7-14/h2-5,7H,6,11H2,1H3. The molecule has 0 amide bonds. The van der Waals surface area contributed by atoms with Gasteiger partial charge in [0.25, 0.3) is 0 Å². The minimum atomic E-state index is 0.531. The topological polar surface area (TPSA) is 56.7 Å². The van der Waals surface area contributed by atoms with E-state index in [9.17, 15) is 0 Å². The normalized spacial score (nSPS) is 10.4. The summed E-state index contributed by atoms with van der Waals surface area (Å²) in [5, 5.41) is 0. The number of aromatic nitrogens is 3. The summed E-state index contributed by atoms with van der Waals surface area (Å²) in [6.45, 7) is 2.49. The van der Waals surface area contributed by atoms with E-state index in [1.807, 2.05) is 29.8 Å². The molecule has 0 aliphatic heterocycles. The molecule has 0 spiro atoms. The number of hydrogen-bond donors (Lipinski definition) is 1. The Morgan fingerprint density at radius 3 is 2.86 bits per heavy atom. The second-order valence-corrected chi connectivity index (χ2v) is 3.09. The fourth-order valence-corrected chi connectivity index (χ4v) is 1.33. The minimum absolute atomic E-state index is 0.531. The number of hydrogen-bond acceptors (Lipinski definition) is 3. The molecule has 2 aromatic rings. The van der Waals surface area contributed by atoms with E-state index in [-0.39, 0.29) is 0 Å². The maximum absolute atomic E-state index is 5.56. The van der Waals surface area contributed by atoms with Gasteiger partial charge in [-0.3, -0.25) is 4.57 Å². The van der Waals surface area contributed by atoms with E-state index in [1.54, 1.807) is 12.5 Å². The molecule has 0 aromatic carbocycles. The van der Waals surface area contributed by atoms with Gasteiger partial charge in [-0.2, -0.15) is 0 Å². The summed E-state index contributed by atoms with van der Waals surface area (Å²) in [5.41, 5.74) is 7.61. The van der Waals surface area contributed by atoms with Crippen molar-refractivity contribution in [1.82, 2.24) is 14.5 Å². The van der Waals surface area contributed by atoms with Gasteiger partial charge in [0.05, 0.1) is 0 Å². The van der Waals surface area contributed by atoms with Crippen LogP contribution in [0.2, 0.25) is 0 Å². The molecule has 0 radical (unpaired) electrons. The average Bonchev–Trinajstić information content (AvgIpc) is 2.70. The molecule has 4 heteroatoms. The highest BCUT2D eigenvalue weighted by atomic mass is 15.1. The van der Waals surface area contributed by atoms with Crippen molar-refractivity contribution in [2.75, 3.05) is 0 Å². The third-order valence-electron chi connectivity index (χ3n) is 2.17. The van der Waals surface area contributed by atoms with E-state index < -0.39 is 0 Å². The maximum atomic E-state index is 5.56. The lowest BCUT2D eigenvalue weighted by molar-refractivity contribution is 0.940. The summed E-state index contributed by atoms with van der Waals surface area (Å²) < 4.78 is 1.87. The molecule has 0 unspecified atom stereocenters. The second kappa shape index (κ2) is 3.59. The molecular formula is C10H12N4. The zero-order chi connectivity index (χ0) is 9.97. The van der Waals surface area contributed by atoms with E-state index in [0.717, 1.165) is 17.1 Å². The van der Waals surface area contributed by atoms with Gasteiger partial charge in [-0.25, -0.2) is 9.97 Å². The summed E-state index contributed by atoms with van der Waals surface area (Å²) in [6, 6.07) is 3.94. The summed E-state index contributed by atoms with van der Waals surface area (Å²) in [4.78, 5) is 8.40. The summed E-state index contributed by atoms with van der Waals surface area (Å²) in [6.07, 6.45) is 5.32. The molecule has 0 saturated carbocycles. The van der Waals surface area contributed by atoms with Crippen LogP contribution in [0.1, 0.15) is 11.3 Å². The SMILES string of the molecule is Cc1nc(-n2ccnc2)ccc1CN. The smallest absolute Gasteiger partial charge is 0.138 e. The molecule has 0 aliphatic carbocycles. The van der Waals surface area contributed by atoms with Crippen LogP contribution in [0, 0.1) is 6.92 Å². The first-order chi connectivity index (χ1) is 6.81. The van der Waals surface area contributed by atoms with E-state index in [2.05, 4.69) is 9.97 Å². The molecule has 2 rings (SSSR count). The van der Waals surface area contributed by atoms with Crippen molar-refractivity contribution in [1.29, 1.82) is 0 Å². The quantitative estimate of drug-likeness (QED) is 0.766. The predicted octanol–water partition coefficient (Wildman–Crippen LogP) is 1.03. The van der Waals surface area contributed by atoms with Gasteiger partial charge in [-0.15, -0.1) is 0 Å². The largest absolute Gasteiger partial charge is 0.326 e. The van der Waals surface area contributed by atoms with E-state index >= 15 is 0 Å². The monoisotopic (exact) mass is 188 g/mol. The lowest BCUT2D eigenvalue weighted by atomic mass is 10.2. The highest BCUT2D eigenvalue weighted by molar-refractivity contribution is 5.29. The molecule has 4 nitrogen and oxygen atoms in total. The number of nitrogens with two attached hydrogens (primary N) is 1. The molecule has 14 heavy (non-hydrogen) atoms. The Morgan fingerprint density at radius 1 is 1.43 bits per heavy atom. The van der Waals surface area contributed by atoms with Gasteiger partial charge in [0.2, 0.25) is 0 Å². The Balaban J connectivity index is 2.43. The first kappa shape index (κ1) is 8.90. The van der Waals surface area contributed by atoms with Crippen molar-refractivity contribution in [2.45, 2.75) is 13.5 Å². The number of nitrogens with zero attached hydrogens (tertiary/aromatic N) is 3. The average molecular weight is 188 g/mol. The fourth-order valence-electron chi connectivity index (χ4n) is 1.33. The van der Waals surface area contributed by atoms with Crippen LogP contribution in [0.25, 0.3) is 5.82 Å². The molecule has 72 valence electrons. The molecule has 2 aromatic heterocycles. The Bertz CT molecular complexity index is 420. The number of rotatable bonds is 2. The molecule has 2 heterocycles. The number of imidazole rings is 1. The van der Waals surface area contributed by atoms with Gasteiger partial charge in [0.1, 0.15) is 12.1 Å². The molecule has 0 atom stereocenters. The van der Waals surface area contributed by atoms with Crippen molar-refractivity contribution in [2.24, 2.45) is 5.73 Å². The van der Waals surface area contributed by atoms with Crippen molar-refractivity contribution < 1.29 is 0 Å². The maximum Gasteiger partial charge on any atom is 0.138 e. The Hall–Kier alpha value is -1.68. The molecule has 0 aliphatic rings. The van der Waals surface area contributed by atoms with E-state index in [4.69, 9.17) is 5.73 Å². The minimum Gasteiger partial charge on any atom is -0.326 e. The lowest BCUT2D eigenvalue weighted by Gasteiger charge is -2.05. The Morgan fingerprint density at radius 2 is 2.29 bits per heavy atom. The summed E-state index contributed by atoms with van der Waals surface area (Å²) in [5.74, 6) is 0.872. The zero-order valence-electron chi connectivity index (χ0n) is 8.01. The van der Waals surface area contributed by atoms with Crippen LogP contribution >= 0.6 is 0 Å². The third-order valence-corrected chi connectivity index (χ3v) is 2.17. The third kappa shape index (κ3) is 1.52. The Labute approximate surface area is 82.4 Å². The van der Waals surface area contributed by atoms with Gasteiger partial charge in [-0.1, -0.05) is 6.07 Å². The lowest BCUT2D eigenvalue weighted by Crippen LogP contribution is -2.03.